The van der Waals surface area contributed by atoms with Gasteiger partial charge in [-0.1, -0.05) is 6.92 Å². The van der Waals surface area contributed by atoms with Crippen LogP contribution in [0.2, 0.25) is 0 Å². The van der Waals surface area contributed by atoms with Crippen molar-refractivity contribution in [2.75, 3.05) is 25.5 Å². The lowest BCUT2D eigenvalue weighted by molar-refractivity contribution is -0.384. The first-order valence-electron chi connectivity index (χ1n) is 5.78. The number of nitro groups is 1. The highest BCUT2D eigenvalue weighted by atomic mass is 16.6. The summed E-state index contributed by atoms with van der Waals surface area (Å²) >= 11 is 0. The van der Waals surface area contributed by atoms with E-state index in [4.69, 9.17) is 4.74 Å². The molecule has 0 aliphatic rings. The number of anilines is 1. The van der Waals surface area contributed by atoms with Crippen LogP contribution in [0.25, 0.3) is 0 Å². The van der Waals surface area contributed by atoms with Crippen LogP contribution in [0.15, 0.2) is 12.1 Å². The molecule has 0 atom stereocenters. The molecular formula is C11H16N4O4. The number of nitrogens with zero attached hydrogens (tertiary/aromatic N) is 2. The van der Waals surface area contributed by atoms with Crippen molar-refractivity contribution in [1.29, 1.82) is 0 Å². The molecule has 1 aromatic rings. The lowest BCUT2D eigenvalue weighted by atomic mass is 10.3. The fraction of sp³-hybridized carbons (Fsp3) is 0.455. The fourth-order valence-electron chi connectivity index (χ4n) is 1.32. The minimum absolute atomic E-state index is 0.0102. The Morgan fingerprint density at radius 3 is 2.84 bits per heavy atom. The van der Waals surface area contributed by atoms with Crippen molar-refractivity contribution in [3.63, 3.8) is 0 Å². The number of hydrogen-bond donors (Lipinski definition) is 2. The quantitative estimate of drug-likeness (QED) is 0.563. The SMILES string of the molecule is CCCNC(=O)CNc1nc(OC)ccc1[N+](=O)[O-]. The molecule has 0 aliphatic heterocycles. The number of aromatic nitrogens is 1. The van der Waals surface area contributed by atoms with Gasteiger partial charge in [0.05, 0.1) is 18.6 Å². The summed E-state index contributed by atoms with van der Waals surface area (Å²) in [5.74, 6) is -0.00108. The first kappa shape index (κ1) is 14.7. The van der Waals surface area contributed by atoms with Crippen LogP contribution in [0.5, 0.6) is 5.88 Å². The molecule has 1 heterocycles. The molecule has 2 N–H and O–H groups in total. The van der Waals surface area contributed by atoms with Gasteiger partial charge in [0.2, 0.25) is 17.6 Å². The maximum Gasteiger partial charge on any atom is 0.311 e. The zero-order chi connectivity index (χ0) is 14.3. The molecule has 8 nitrogen and oxygen atoms in total. The first-order chi connectivity index (χ1) is 9.08. The summed E-state index contributed by atoms with van der Waals surface area (Å²) in [6.07, 6.45) is 0.823. The number of hydrogen-bond acceptors (Lipinski definition) is 6. The predicted molar refractivity (Wildman–Crippen MR) is 69.2 cm³/mol. The summed E-state index contributed by atoms with van der Waals surface area (Å²) in [5.41, 5.74) is -0.205. The van der Waals surface area contributed by atoms with Gasteiger partial charge in [-0.2, -0.15) is 4.98 Å². The highest BCUT2D eigenvalue weighted by Crippen LogP contribution is 2.24. The predicted octanol–water partition coefficient (Wildman–Crippen LogP) is 0.936. The second kappa shape index (κ2) is 7.14. The van der Waals surface area contributed by atoms with Crippen LogP contribution in [-0.2, 0) is 4.79 Å². The third-order valence-corrected chi connectivity index (χ3v) is 2.24. The van der Waals surface area contributed by atoms with Crippen molar-refractivity contribution in [1.82, 2.24) is 10.3 Å². The monoisotopic (exact) mass is 268 g/mol. The Labute approximate surface area is 110 Å². The van der Waals surface area contributed by atoms with Crippen molar-refractivity contribution >= 4 is 17.4 Å². The van der Waals surface area contributed by atoms with Gasteiger partial charge in [0.15, 0.2) is 0 Å². The normalized spacial score (nSPS) is 9.79. The maximum absolute atomic E-state index is 11.4. The van der Waals surface area contributed by atoms with Crippen LogP contribution in [0.1, 0.15) is 13.3 Å². The molecule has 0 spiro atoms. The van der Waals surface area contributed by atoms with Crippen LogP contribution in [0, 0.1) is 10.1 Å². The molecule has 104 valence electrons. The molecule has 0 aliphatic carbocycles. The van der Waals surface area contributed by atoms with E-state index in [2.05, 4.69) is 15.6 Å². The van der Waals surface area contributed by atoms with Gasteiger partial charge >= 0.3 is 5.69 Å². The van der Waals surface area contributed by atoms with Crippen LogP contribution < -0.4 is 15.4 Å². The summed E-state index contributed by atoms with van der Waals surface area (Å²) in [6.45, 7) is 2.41. The van der Waals surface area contributed by atoms with E-state index >= 15 is 0 Å². The fourth-order valence-corrected chi connectivity index (χ4v) is 1.32. The second-order valence-electron chi connectivity index (χ2n) is 3.68. The molecule has 19 heavy (non-hydrogen) atoms. The first-order valence-corrected chi connectivity index (χ1v) is 5.78. The Hall–Kier alpha value is -2.38. The van der Waals surface area contributed by atoms with E-state index in [1.807, 2.05) is 6.92 Å². The molecular weight excluding hydrogens is 252 g/mol. The third-order valence-electron chi connectivity index (χ3n) is 2.24. The van der Waals surface area contributed by atoms with Crippen molar-refractivity contribution in [3.8, 4) is 5.88 Å². The van der Waals surface area contributed by atoms with Crippen molar-refractivity contribution in [3.05, 3.63) is 22.2 Å². The summed E-state index contributed by atoms with van der Waals surface area (Å²) in [7, 11) is 1.41. The molecule has 0 aromatic carbocycles. The number of nitrogens with one attached hydrogen (secondary N) is 2. The molecule has 1 rings (SSSR count). The Bertz CT molecular complexity index is 464. The molecule has 0 fully saturated rings. The van der Waals surface area contributed by atoms with Crippen LogP contribution in [0.4, 0.5) is 11.5 Å². The number of rotatable bonds is 7. The zero-order valence-corrected chi connectivity index (χ0v) is 10.8. The molecule has 0 saturated heterocycles. The van der Waals surface area contributed by atoms with Gasteiger partial charge in [-0.05, 0) is 6.42 Å². The van der Waals surface area contributed by atoms with E-state index in [1.54, 1.807) is 0 Å². The largest absolute Gasteiger partial charge is 0.481 e. The smallest absolute Gasteiger partial charge is 0.311 e. The highest BCUT2D eigenvalue weighted by molar-refractivity contribution is 5.81. The summed E-state index contributed by atoms with van der Waals surface area (Å²) < 4.78 is 4.89. The second-order valence-corrected chi connectivity index (χ2v) is 3.68. The van der Waals surface area contributed by atoms with E-state index in [9.17, 15) is 14.9 Å². The van der Waals surface area contributed by atoms with Gasteiger partial charge in [-0.15, -0.1) is 0 Å². The number of pyridine rings is 1. The molecule has 0 radical (unpaired) electrons. The standard InChI is InChI=1S/C11H16N4O4/c1-3-6-12-9(16)7-13-11-8(15(17)18)4-5-10(14-11)19-2/h4-5H,3,6-7H2,1-2H3,(H,12,16)(H,13,14). The van der Waals surface area contributed by atoms with Crippen molar-refractivity contribution < 1.29 is 14.5 Å². The Kier molecular flexibility index (Phi) is 5.52. The van der Waals surface area contributed by atoms with Crippen molar-refractivity contribution in [2.24, 2.45) is 0 Å². The van der Waals surface area contributed by atoms with E-state index in [0.29, 0.717) is 6.54 Å². The van der Waals surface area contributed by atoms with Crippen LogP contribution >= 0.6 is 0 Å². The van der Waals surface area contributed by atoms with E-state index in [0.717, 1.165) is 6.42 Å². The topological polar surface area (TPSA) is 106 Å². The van der Waals surface area contributed by atoms with Crippen LogP contribution in [0.3, 0.4) is 0 Å². The molecule has 0 unspecified atom stereocenters. The molecule has 0 bridgehead atoms. The van der Waals surface area contributed by atoms with Gasteiger partial charge < -0.3 is 15.4 Å². The molecule has 1 aromatic heterocycles. The lowest BCUT2D eigenvalue weighted by Crippen LogP contribution is -2.30. The summed E-state index contributed by atoms with van der Waals surface area (Å²) in [6, 6.07) is 2.67. The third kappa shape index (κ3) is 4.41. The molecule has 0 saturated carbocycles. The van der Waals surface area contributed by atoms with Gasteiger partial charge in [-0.25, -0.2) is 0 Å². The lowest BCUT2D eigenvalue weighted by Gasteiger charge is -2.08. The molecule has 1 amide bonds. The van der Waals surface area contributed by atoms with E-state index in [-0.39, 0.29) is 29.8 Å². The summed E-state index contributed by atoms with van der Waals surface area (Å²) in [4.78, 5) is 25.6. The Morgan fingerprint density at radius 2 is 2.26 bits per heavy atom. The minimum Gasteiger partial charge on any atom is -0.481 e. The van der Waals surface area contributed by atoms with E-state index in [1.165, 1.54) is 19.2 Å². The van der Waals surface area contributed by atoms with E-state index < -0.39 is 4.92 Å². The average Bonchev–Trinajstić information content (AvgIpc) is 2.42. The number of methoxy groups -OCH3 is 1. The molecule has 8 heteroatoms. The number of carbonyl (C=O) groups excluding carboxylic acids is 1. The van der Waals surface area contributed by atoms with Gasteiger partial charge in [-0.3, -0.25) is 14.9 Å². The zero-order valence-electron chi connectivity index (χ0n) is 10.8. The van der Waals surface area contributed by atoms with Crippen LogP contribution in [-0.4, -0.2) is 36.0 Å². The number of carbonyl (C=O) groups is 1. The maximum atomic E-state index is 11.4. The highest BCUT2D eigenvalue weighted by Gasteiger charge is 2.16. The summed E-state index contributed by atoms with van der Waals surface area (Å²) in [5, 5.41) is 16.1. The van der Waals surface area contributed by atoms with Gasteiger partial charge in [0, 0.05) is 18.7 Å². The number of ether oxygens (including phenoxy) is 1. The van der Waals surface area contributed by atoms with Gasteiger partial charge in [0.25, 0.3) is 0 Å². The van der Waals surface area contributed by atoms with Gasteiger partial charge in [0.1, 0.15) is 0 Å². The Morgan fingerprint density at radius 1 is 1.53 bits per heavy atom. The number of amides is 1. The Balaban J connectivity index is 2.74. The minimum atomic E-state index is -0.571. The van der Waals surface area contributed by atoms with Crippen molar-refractivity contribution in [2.45, 2.75) is 13.3 Å². The average molecular weight is 268 g/mol.